The van der Waals surface area contributed by atoms with Crippen LogP contribution in [0.5, 0.6) is 0 Å². The van der Waals surface area contributed by atoms with E-state index in [9.17, 15) is 10.1 Å². The normalized spacial score (nSPS) is 21.1. The molecule has 1 amide bonds. The van der Waals surface area contributed by atoms with Gasteiger partial charge in [0, 0.05) is 36.6 Å². The molecule has 1 aliphatic carbocycles. The maximum Gasteiger partial charge on any atom is 0.267 e. The summed E-state index contributed by atoms with van der Waals surface area (Å²) in [6.07, 6.45) is 7.05. The molecule has 1 fully saturated rings. The second-order valence-corrected chi connectivity index (χ2v) is 9.31. The molecule has 0 unspecified atom stereocenters. The lowest BCUT2D eigenvalue weighted by atomic mass is 9.82. The Kier molecular flexibility index (Phi) is 5.96. The molecule has 0 spiro atoms. The molecular weight excluding hydrogens is 396 g/mol. The van der Waals surface area contributed by atoms with Gasteiger partial charge in [-0.05, 0) is 79.8 Å². The number of amides is 1. The summed E-state index contributed by atoms with van der Waals surface area (Å²) in [6, 6.07) is 19.0. The van der Waals surface area contributed by atoms with Gasteiger partial charge in [0.2, 0.25) is 0 Å². The van der Waals surface area contributed by atoms with Crippen LogP contribution >= 0.6 is 0 Å². The maximum absolute atomic E-state index is 12.5. The van der Waals surface area contributed by atoms with Gasteiger partial charge in [-0.1, -0.05) is 24.3 Å². The number of hydrogen-bond acceptors (Lipinski definition) is 3. The highest BCUT2D eigenvalue weighted by Gasteiger charge is 2.28. The van der Waals surface area contributed by atoms with Crippen LogP contribution in [0.4, 0.5) is 0 Å². The van der Waals surface area contributed by atoms with E-state index in [1.54, 1.807) is 0 Å². The van der Waals surface area contributed by atoms with Gasteiger partial charge in [0.25, 0.3) is 5.91 Å². The molecule has 2 N–H and O–H groups in total. The van der Waals surface area contributed by atoms with Crippen molar-refractivity contribution >= 4 is 16.8 Å². The predicted molar refractivity (Wildman–Crippen MR) is 126 cm³/mol. The highest BCUT2D eigenvalue weighted by molar-refractivity contribution is 5.97. The lowest BCUT2D eigenvalue weighted by Gasteiger charge is -2.39. The number of carbonyl (C=O) groups is 1. The van der Waals surface area contributed by atoms with Crippen LogP contribution in [0.25, 0.3) is 10.9 Å². The fraction of sp³-hybridized carbons (Fsp3) is 0.407. The Labute approximate surface area is 189 Å². The minimum absolute atomic E-state index is 0.0152. The van der Waals surface area contributed by atoms with Crippen LogP contribution in [0.15, 0.2) is 48.5 Å². The van der Waals surface area contributed by atoms with Crippen LogP contribution in [0.2, 0.25) is 0 Å². The number of nitriles is 1. The van der Waals surface area contributed by atoms with Crippen molar-refractivity contribution in [2.45, 2.75) is 51.1 Å². The summed E-state index contributed by atoms with van der Waals surface area (Å²) in [4.78, 5) is 18.3. The van der Waals surface area contributed by atoms with Gasteiger partial charge in [0.15, 0.2) is 0 Å². The van der Waals surface area contributed by atoms with Gasteiger partial charge in [-0.2, -0.15) is 5.26 Å². The number of carbonyl (C=O) groups excluding carboxylic acids is 1. The van der Waals surface area contributed by atoms with Crippen molar-refractivity contribution in [2.24, 2.45) is 5.92 Å². The summed E-state index contributed by atoms with van der Waals surface area (Å²) in [6.45, 7) is 2.83. The van der Waals surface area contributed by atoms with Crippen molar-refractivity contribution in [1.29, 1.82) is 5.26 Å². The molecule has 1 aliphatic heterocycles. The van der Waals surface area contributed by atoms with Gasteiger partial charge in [-0.3, -0.25) is 9.69 Å². The van der Waals surface area contributed by atoms with E-state index in [1.807, 2.05) is 36.4 Å². The standard InChI is InChI=1S/C27H30N4O/c28-17-20-5-8-21-12-14-31(18-23(21)15-20)24-9-6-19(7-10-24)11-13-29-27(32)26-16-22-3-1-2-4-25(22)30-26/h1-5,8,15-16,19,24,30H,6-7,9-14,18H2,(H,29,32). The van der Waals surface area contributed by atoms with Gasteiger partial charge in [-0.15, -0.1) is 0 Å². The summed E-state index contributed by atoms with van der Waals surface area (Å²) < 4.78 is 0. The minimum atomic E-state index is -0.0152. The summed E-state index contributed by atoms with van der Waals surface area (Å²) in [5.41, 5.74) is 5.14. The quantitative estimate of drug-likeness (QED) is 0.617. The maximum atomic E-state index is 12.5. The number of aromatic amines is 1. The average molecular weight is 427 g/mol. The van der Waals surface area contributed by atoms with E-state index in [1.165, 1.54) is 36.8 Å². The molecule has 2 aromatic carbocycles. The lowest BCUT2D eigenvalue weighted by molar-refractivity contribution is 0.0940. The Hall–Kier alpha value is -3.10. The number of rotatable bonds is 5. The number of hydrogen-bond donors (Lipinski definition) is 2. The topological polar surface area (TPSA) is 71.9 Å². The Morgan fingerprint density at radius 2 is 1.94 bits per heavy atom. The van der Waals surface area contributed by atoms with Crippen LogP contribution < -0.4 is 5.32 Å². The molecule has 0 radical (unpaired) electrons. The predicted octanol–water partition coefficient (Wildman–Crippen LogP) is 4.78. The van der Waals surface area contributed by atoms with Crippen molar-refractivity contribution in [3.63, 3.8) is 0 Å². The number of nitrogens with zero attached hydrogens (tertiary/aromatic N) is 2. The highest BCUT2D eigenvalue weighted by atomic mass is 16.1. The zero-order valence-corrected chi connectivity index (χ0v) is 18.4. The van der Waals surface area contributed by atoms with E-state index < -0.39 is 0 Å². The van der Waals surface area contributed by atoms with Crippen LogP contribution in [0, 0.1) is 17.2 Å². The molecule has 32 heavy (non-hydrogen) atoms. The number of fused-ring (bicyclic) bond motifs is 2. The van der Waals surface area contributed by atoms with Crippen LogP contribution in [0.1, 0.15) is 59.3 Å². The summed E-state index contributed by atoms with van der Waals surface area (Å²) in [5.74, 6) is 0.676. The molecule has 3 aromatic rings. The second kappa shape index (κ2) is 9.18. The van der Waals surface area contributed by atoms with E-state index in [-0.39, 0.29) is 5.91 Å². The Morgan fingerprint density at radius 1 is 1.09 bits per heavy atom. The first kappa shape index (κ1) is 20.8. The molecular formula is C27H30N4O. The molecule has 0 atom stereocenters. The van der Waals surface area contributed by atoms with E-state index in [2.05, 4.69) is 33.4 Å². The lowest BCUT2D eigenvalue weighted by Crippen LogP contribution is -2.41. The molecule has 5 heteroatoms. The molecule has 0 bridgehead atoms. The molecule has 2 heterocycles. The van der Waals surface area contributed by atoms with E-state index >= 15 is 0 Å². The Balaban J connectivity index is 1.08. The first-order valence-electron chi connectivity index (χ1n) is 11.8. The van der Waals surface area contributed by atoms with Gasteiger partial charge >= 0.3 is 0 Å². The Morgan fingerprint density at radius 3 is 2.75 bits per heavy atom. The third kappa shape index (κ3) is 4.42. The van der Waals surface area contributed by atoms with Crippen molar-refractivity contribution in [3.8, 4) is 6.07 Å². The second-order valence-electron chi connectivity index (χ2n) is 9.31. The average Bonchev–Trinajstić information content (AvgIpc) is 3.28. The van der Waals surface area contributed by atoms with Crippen molar-refractivity contribution in [2.75, 3.05) is 13.1 Å². The van der Waals surface area contributed by atoms with Gasteiger partial charge in [-0.25, -0.2) is 0 Å². The molecule has 5 nitrogen and oxygen atoms in total. The van der Waals surface area contributed by atoms with Gasteiger partial charge in [0.1, 0.15) is 5.69 Å². The van der Waals surface area contributed by atoms with E-state index in [0.717, 1.165) is 48.9 Å². The van der Waals surface area contributed by atoms with E-state index in [0.29, 0.717) is 17.7 Å². The number of H-pyrrole nitrogens is 1. The largest absolute Gasteiger partial charge is 0.351 e. The fourth-order valence-corrected chi connectivity index (χ4v) is 5.44. The number of nitrogens with one attached hydrogen (secondary N) is 2. The van der Waals surface area contributed by atoms with Crippen molar-refractivity contribution in [3.05, 3.63) is 70.9 Å². The zero-order chi connectivity index (χ0) is 21.9. The van der Waals surface area contributed by atoms with Crippen molar-refractivity contribution < 1.29 is 4.79 Å². The first-order chi connectivity index (χ1) is 15.7. The summed E-state index contributed by atoms with van der Waals surface area (Å²) in [5, 5.41) is 13.4. The first-order valence-corrected chi connectivity index (χ1v) is 11.8. The van der Waals surface area contributed by atoms with E-state index in [4.69, 9.17) is 0 Å². The van der Waals surface area contributed by atoms with Gasteiger partial charge in [0.05, 0.1) is 11.6 Å². The monoisotopic (exact) mass is 426 g/mol. The smallest absolute Gasteiger partial charge is 0.267 e. The minimum Gasteiger partial charge on any atom is -0.351 e. The summed E-state index contributed by atoms with van der Waals surface area (Å²) >= 11 is 0. The van der Waals surface area contributed by atoms with Crippen molar-refractivity contribution in [1.82, 2.24) is 15.2 Å². The van der Waals surface area contributed by atoms with Gasteiger partial charge < -0.3 is 10.3 Å². The molecule has 1 aromatic heterocycles. The highest BCUT2D eigenvalue weighted by Crippen LogP contribution is 2.32. The van der Waals surface area contributed by atoms with Crippen LogP contribution in [-0.2, 0) is 13.0 Å². The van der Waals surface area contributed by atoms with Crippen LogP contribution in [-0.4, -0.2) is 34.9 Å². The molecule has 0 saturated heterocycles. The third-order valence-electron chi connectivity index (χ3n) is 7.32. The molecule has 2 aliphatic rings. The number of benzene rings is 2. The SMILES string of the molecule is N#Cc1ccc2c(c1)CN(C1CCC(CCNC(=O)c3cc4ccccc4[nH]3)CC1)CC2. The fourth-order valence-electron chi connectivity index (χ4n) is 5.44. The molecule has 164 valence electrons. The molecule has 5 rings (SSSR count). The van der Waals surface area contributed by atoms with Crippen LogP contribution in [0.3, 0.4) is 0 Å². The number of aromatic nitrogens is 1. The Bertz CT molecular complexity index is 1120. The zero-order valence-electron chi connectivity index (χ0n) is 18.4. The molecule has 1 saturated carbocycles. The number of para-hydroxylation sites is 1. The summed E-state index contributed by atoms with van der Waals surface area (Å²) in [7, 11) is 0. The third-order valence-corrected chi connectivity index (χ3v) is 7.32.